The van der Waals surface area contributed by atoms with Gasteiger partial charge in [-0.15, -0.1) is 0 Å². The SMILES string of the molecule is CCC(O)(CC)CN(C)CCCCCO. The molecule has 0 amide bonds. The summed E-state index contributed by atoms with van der Waals surface area (Å²) in [7, 11) is 2.05. The van der Waals surface area contributed by atoms with Crippen LogP contribution in [0.5, 0.6) is 0 Å². The Morgan fingerprint density at radius 2 is 1.67 bits per heavy atom. The number of nitrogens with zero attached hydrogens (tertiary/aromatic N) is 1. The minimum absolute atomic E-state index is 0.289. The first-order valence-electron chi connectivity index (χ1n) is 6.09. The van der Waals surface area contributed by atoms with Crippen molar-refractivity contribution < 1.29 is 10.2 Å². The Hall–Kier alpha value is -0.120. The van der Waals surface area contributed by atoms with Gasteiger partial charge in [0.1, 0.15) is 0 Å². The molecule has 0 spiro atoms. The lowest BCUT2D eigenvalue weighted by atomic mass is 9.97. The zero-order valence-electron chi connectivity index (χ0n) is 10.5. The molecule has 0 aliphatic rings. The normalized spacial score (nSPS) is 12.4. The molecule has 92 valence electrons. The maximum absolute atomic E-state index is 10.1. The molecule has 2 N–H and O–H groups in total. The smallest absolute Gasteiger partial charge is 0.0768 e. The molecule has 0 radical (unpaired) electrons. The number of likely N-dealkylation sites (N-methyl/N-ethyl adjacent to an activating group) is 1. The molecule has 0 aliphatic carbocycles. The molecule has 0 rings (SSSR count). The van der Waals surface area contributed by atoms with Crippen molar-refractivity contribution in [3.05, 3.63) is 0 Å². The van der Waals surface area contributed by atoms with Gasteiger partial charge in [0.25, 0.3) is 0 Å². The Morgan fingerprint density at radius 3 is 2.13 bits per heavy atom. The quantitative estimate of drug-likeness (QED) is 0.577. The van der Waals surface area contributed by atoms with Crippen molar-refractivity contribution in [2.45, 2.75) is 51.6 Å². The molecule has 0 aliphatic heterocycles. The molecule has 0 aromatic carbocycles. The Bertz CT molecular complexity index is 147. The van der Waals surface area contributed by atoms with Crippen LogP contribution in [0.2, 0.25) is 0 Å². The van der Waals surface area contributed by atoms with E-state index in [9.17, 15) is 5.11 Å². The van der Waals surface area contributed by atoms with E-state index in [1.807, 2.05) is 13.8 Å². The van der Waals surface area contributed by atoms with Crippen LogP contribution in [-0.4, -0.2) is 47.5 Å². The second kappa shape index (κ2) is 8.08. The van der Waals surface area contributed by atoms with E-state index in [1.165, 1.54) is 0 Å². The first kappa shape index (κ1) is 14.9. The van der Waals surface area contributed by atoms with Crippen molar-refractivity contribution >= 4 is 0 Å². The van der Waals surface area contributed by atoms with Crippen LogP contribution in [0.4, 0.5) is 0 Å². The average Bonchev–Trinajstić information content (AvgIpc) is 2.24. The van der Waals surface area contributed by atoms with E-state index in [2.05, 4.69) is 11.9 Å². The van der Waals surface area contributed by atoms with E-state index in [-0.39, 0.29) is 6.61 Å². The third-order valence-electron chi connectivity index (χ3n) is 3.08. The van der Waals surface area contributed by atoms with E-state index < -0.39 is 5.60 Å². The van der Waals surface area contributed by atoms with E-state index in [0.29, 0.717) is 0 Å². The number of hydrogen-bond donors (Lipinski definition) is 2. The first-order chi connectivity index (χ1) is 7.08. The number of unbranched alkanes of at least 4 members (excludes halogenated alkanes) is 2. The van der Waals surface area contributed by atoms with E-state index in [4.69, 9.17) is 5.11 Å². The summed E-state index contributed by atoms with van der Waals surface area (Å²) in [4.78, 5) is 2.18. The highest BCUT2D eigenvalue weighted by atomic mass is 16.3. The largest absolute Gasteiger partial charge is 0.396 e. The summed E-state index contributed by atoms with van der Waals surface area (Å²) in [5, 5.41) is 18.8. The maximum atomic E-state index is 10.1. The maximum Gasteiger partial charge on any atom is 0.0768 e. The van der Waals surface area contributed by atoms with Gasteiger partial charge in [0.15, 0.2) is 0 Å². The fourth-order valence-electron chi connectivity index (χ4n) is 1.73. The molecule has 0 atom stereocenters. The van der Waals surface area contributed by atoms with Gasteiger partial charge in [-0.1, -0.05) is 13.8 Å². The fourth-order valence-corrected chi connectivity index (χ4v) is 1.73. The molecule has 0 heterocycles. The summed E-state index contributed by atoms with van der Waals surface area (Å²) < 4.78 is 0. The average molecular weight is 217 g/mol. The third-order valence-corrected chi connectivity index (χ3v) is 3.08. The van der Waals surface area contributed by atoms with Crippen molar-refractivity contribution in [2.24, 2.45) is 0 Å². The zero-order chi connectivity index (χ0) is 11.7. The van der Waals surface area contributed by atoms with E-state index in [0.717, 1.165) is 45.2 Å². The van der Waals surface area contributed by atoms with Crippen LogP contribution >= 0.6 is 0 Å². The lowest BCUT2D eigenvalue weighted by Gasteiger charge is -2.30. The van der Waals surface area contributed by atoms with Gasteiger partial charge in [0.2, 0.25) is 0 Å². The van der Waals surface area contributed by atoms with Gasteiger partial charge in [0, 0.05) is 13.2 Å². The summed E-state index contributed by atoms with van der Waals surface area (Å²) in [6.45, 7) is 6.10. The monoisotopic (exact) mass is 217 g/mol. The first-order valence-corrected chi connectivity index (χ1v) is 6.09. The molecule has 0 unspecified atom stereocenters. The van der Waals surface area contributed by atoms with Crippen molar-refractivity contribution in [2.75, 3.05) is 26.7 Å². The predicted molar refractivity (Wildman–Crippen MR) is 64.0 cm³/mol. The molecule has 0 saturated carbocycles. The molecule has 3 nitrogen and oxygen atoms in total. The lowest BCUT2D eigenvalue weighted by molar-refractivity contribution is 0.00274. The van der Waals surface area contributed by atoms with Gasteiger partial charge in [-0.2, -0.15) is 0 Å². The van der Waals surface area contributed by atoms with Gasteiger partial charge in [-0.3, -0.25) is 0 Å². The lowest BCUT2D eigenvalue weighted by Crippen LogP contribution is -2.40. The van der Waals surface area contributed by atoms with E-state index >= 15 is 0 Å². The summed E-state index contributed by atoms with van der Waals surface area (Å²) in [5.41, 5.74) is -0.522. The Labute approximate surface area is 94.1 Å². The van der Waals surface area contributed by atoms with Gasteiger partial charge >= 0.3 is 0 Å². The highest BCUT2D eigenvalue weighted by Crippen LogP contribution is 2.15. The minimum atomic E-state index is -0.522. The van der Waals surface area contributed by atoms with Crippen LogP contribution in [0.3, 0.4) is 0 Å². The molecule has 3 heteroatoms. The van der Waals surface area contributed by atoms with Crippen LogP contribution in [0, 0.1) is 0 Å². The Balaban J connectivity index is 3.67. The highest BCUT2D eigenvalue weighted by molar-refractivity contribution is 4.78. The Kier molecular flexibility index (Phi) is 8.02. The van der Waals surface area contributed by atoms with Crippen LogP contribution in [0.1, 0.15) is 46.0 Å². The van der Waals surface area contributed by atoms with Gasteiger partial charge in [0.05, 0.1) is 5.60 Å². The number of hydrogen-bond acceptors (Lipinski definition) is 3. The zero-order valence-corrected chi connectivity index (χ0v) is 10.5. The molecular weight excluding hydrogens is 190 g/mol. The highest BCUT2D eigenvalue weighted by Gasteiger charge is 2.23. The third kappa shape index (κ3) is 6.88. The molecule has 0 saturated heterocycles. The van der Waals surface area contributed by atoms with Gasteiger partial charge in [-0.25, -0.2) is 0 Å². The van der Waals surface area contributed by atoms with Crippen LogP contribution in [0.25, 0.3) is 0 Å². The van der Waals surface area contributed by atoms with Gasteiger partial charge in [-0.05, 0) is 45.7 Å². The van der Waals surface area contributed by atoms with Gasteiger partial charge < -0.3 is 15.1 Å². The summed E-state index contributed by atoms with van der Waals surface area (Å²) in [6, 6.07) is 0. The van der Waals surface area contributed by atoms with Crippen molar-refractivity contribution in [3.63, 3.8) is 0 Å². The van der Waals surface area contributed by atoms with Crippen molar-refractivity contribution in [3.8, 4) is 0 Å². The summed E-state index contributed by atoms with van der Waals surface area (Å²) in [5.74, 6) is 0. The molecular formula is C12H27NO2. The standard InChI is InChI=1S/C12H27NO2/c1-4-12(15,5-2)11-13(3)9-7-6-8-10-14/h14-15H,4-11H2,1-3H3. The topological polar surface area (TPSA) is 43.7 Å². The second-order valence-corrected chi connectivity index (χ2v) is 4.45. The van der Waals surface area contributed by atoms with Crippen molar-refractivity contribution in [1.82, 2.24) is 4.90 Å². The number of aliphatic hydroxyl groups excluding tert-OH is 1. The van der Waals surface area contributed by atoms with Crippen LogP contribution < -0.4 is 0 Å². The molecule has 0 aromatic rings. The minimum Gasteiger partial charge on any atom is -0.396 e. The molecule has 15 heavy (non-hydrogen) atoms. The van der Waals surface area contributed by atoms with E-state index in [1.54, 1.807) is 0 Å². The fraction of sp³-hybridized carbons (Fsp3) is 1.00. The second-order valence-electron chi connectivity index (χ2n) is 4.45. The number of rotatable bonds is 9. The molecule has 0 aromatic heterocycles. The van der Waals surface area contributed by atoms with Crippen LogP contribution in [0.15, 0.2) is 0 Å². The predicted octanol–water partition coefficient (Wildman–Crippen LogP) is 1.63. The molecule has 0 bridgehead atoms. The van der Waals surface area contributed by atoms with Crippen molar-refractivity contribution in [1.29, 1.82) is 0 Å². The number of aliphatic hydroxyl groups is 2. The summed E-state index contributed by atoms with van der Waals surface area (Å²) in [6.07, 6.45) is 4.67. The Morgan fingerprint density at radius 1 is 1.07 bits per heavy atom. The van der Waals surface area contributed by atoms with Crippen LogP contribution in [-0.2, 0) is 0 Å². The summed E-state index contributed by atoms with van der Waals surface area (Å²) >= 11 is 0. The molecule has 0 fully saturated rings.